The predicted octanol–water partition coefficient (Wildman–Crippen LogP) is 3.87. The fourth-order valence-corrected chi connectivity index (χ4v) is 2.85. The van der Waals surface area contributed by atoms with Crippen LogP contribution in [0.1, 0.15) is 5.56 Å². The van der Waals surface area contributed by atoms with Crippen LogP contribution in [0.5, 0.6) is 0 Å². The fraction of sp³-hybridized carbons (Fsp3) is 0.0769. The minimum Gasteiger partial charge on any atom is -0.277 e. The van der Waals surface area contributed by atoms with Gasteiger partial charge in [-0.1, -0.05) is 11.6 Å². The lowest BCUT2D eigenvalue weighted by Crippen LogP contribution is -2.15. The summed E-state index contributed by atoms with van der Waals surface area (Å²) in [4.78, 5) is -0.173. The van der Waals surface area contributed by atoms with Crippen molar-refractivity contribution in [2.24, 2.45) is 0 Å². The van der Waals surface area contributed by atoms with Crippen molar-refractivity contribution in [2.45, 2.75) is 11.8 Å². The number of hydrogen-bond donors (Lipinski definition) is 1. The van der Waals surface area contributed by atoms with E-state index in [-0.39, 0.29) is 4.90 Å². The van der Waals surface area contributed by atoms with Gasteiger partial charge in [0.1, 0.15) is 0 Å². The third-order valence-corrected chi connectivity index (χ3v) is 4.51. The summed E-state index contributed by atoms with van der Waals surface area (Å²) in [5, 5.41) is 0.368. The first-order valence-electron chi connectivity index (χ1n) is 5.65. The molecule has 0 amide bonds. The maximum Gasteiger partial charge on any atom is 0.261 e. The average molecular weight is 336 g/mol. The van der Waals surface area contributed by atoms with Crippen LogP contribution >= 0.6 is 11.6 Å². The summed E-state index contributed by atoms with van der Waals surface area (Å²) < 4.78 is 65.4. The molecule has 0 heterocycles. The van der Waals surface area contributed by atoms with Gasteiger partial charge in [0.15, 0.2) is 17.5 Å². The standard InChI is InChI=1S/C13H9ClF3NO2S/c1-7-6-8(2-3-9(7)14)21(19,20)18-11-5-4-10(15)12(16)13(11)17/h2-6,18H,1H3. The summed E-state index contributed by atoms with van der Waals surface area (Å²) in [6.45, 7) is 1.60. The summed E-state index contributed by atoms with van der Waals surface area (Å²) in [6.07, 6.45) is 0. The van der Waals surface area contributed by atoms with Gasteiger partial charge in [-0.15, -0.1) is 0 Å². The molecule has 0 saturated carbocycles. The molecule has 0 unspecified atom stereocenters. The molecule has 0 fully saturated rings. The van der Waals surface area contributed by atoms with Crippen LogP contribution in [0.25, 0.3) is 0 Å². The van der Waals surface area contributed by atoms with E-state index in [9.17, 15) is 21.6 Å². The van der Waals surface area contributed by atoms with Gasteiger partial charge in [-0.3, -0.25) is 4.72 Å². The lowest BCUT2D eigenvalue weighted by atomic mass is 10.2. The van der Waals surface area contributed by atoms with E-state index in [1.807, 2.05) is 4.72 Å². The SMILES string of the molecule is Cc1cc(S(=O)(=O)Nc2ccc(F)c(F)c2F)ccc1Cl. The number of anilines is 1. The zero-order valence-corrected chi connectivity index (χ0v) is 12.2. The average Bonchev–Trinajstić information content (AvgIpc) is 2.42. The Balaban J connectivity index is 2.42. The first-order chi connectivity index (χ1) is 9.72. The third kappa shape index (κ3) is 3.14. The van der Waals surface area contributed by atoms with E-state index in [0.717, 1.165) is 6.07 Å². The van der Waals surface area contributed by atoms with Crippen molar-refractivity contribution in [1.82, 2.24) is 0 Å². The van der Waals surface area contributed by atoms with Crippen LogP contribution in [0, 0.1) is 24.4 Å². The zero-order valence-electron chi connectivity index (χ0n) is 10.6. The molecule has 0 aliphatic heterocycles. The molecule has 8 heteroatoms. The number of sulfonamides is 1. The van der Waals surface area contributed by atoms with Gasteiger partial charge in [0, 0.05) is 5.02 Å². The normalized spacial score (nSPS) is 11.5. The van der Waals surface area contributed by atoms with E-state index in [1.54, 1.807) is 6.92 Å². The van der Waals surface area contributed by atoms with E-state index < -0.39 is 33.2 Å². The van der Waals surface area contributed by atoms with Crippen molar-refractivity contribution in [1.29, 1.82) is 0 Å². The van der Waals surface area contributed by atoms with Crippen molar-refractivity contribution in [2.75, 3.05) is 4.72 Å². The molecular formula is C13H9ClF3NO2S. The highest BCUT2D eigenvalue weighted by atomic mass is 35.5. The van der Waals surface area contributed by atoms with Crippen LogP contribution < -0.4 is 4.72 Å². The summed E-state index contributed by atoms with van der Waals surface area (Å²) in [7, 11) is -4.14. The Morgan fingerprint density at radius 2 is 1.71 bits per heavy atom. The largest absolute Gasteiger partial charge is 0.277 e. The van der Waals surface area contributed by atoms with Crippen molar-refractivity contribution in [3.63, 3.8) is 0 Å². The summed E-state index contributed by atoms with van der Waals surface area (Å²) in [5.74, 6) is -4.76. The molecule has 2 aromatic carbocycles. The highest BCUT2D eigenvalue weighted by molar-refractivity contribution is 7.92. The van der Waals surface area contributed by atoms with E-state index in [1.165, 1.54) is 18.2 Å². The Kier molecular flexibility index (Phi) is 4.15. The molecule has 0 atom stereocenters. The Morgan fingerprint density at radius 1 is 1.05 bits per heavy atom. The van der Waals surface area contributed by atoms with E-state index in [0.29, 0.717) is 16.7 Å². The number of aryl methyl sites for hydroxylation is 1. The van der Waals surface area contributed by atoms with Crippen LogP contribution in [0.2, 0.25) is 5.02 Å². The van der Waals surface area contributed by atoms with Gasteiger partial charge in [0.05, 0.1) is 10.6 Å². The molecule has 0 spiro atoms. The Hall–Kier alpha value is -1.73. The topological polar surface area (TPSA) is 46.2 Å². The second-order valence-electron chi connectivity index (χ2n) is 4.24. The smallest absolute Gasteiger partial charge is 0.261 e. The molecule has 21 heavy (non-hydrogen) atoms. The fourth-order valence-electron chi connectivity index (χ4n) is 1.59. The monoisotopic (exact) mass is 335 g/mol. The van der Waals surface area contributed by atoms with E-state index in [2.05, 4.69) is 0 Å². The molecule has 0 aliphatic carbocycles. The maximum absolute atomic E-state index is 13.5. The van der Waals surface area contributed by atoms with Crippen molar-refractivity contribution < 1.29 is 21.6 Å². The predicted molar refractivity (Wildman–Crippen MR) is 73.3 cm³/mol. The molecule has 0 saturated heterocycles. The van der Waals surface area contributed by atoms with Crippen LogP contribution in [0.15, 0.2) is 35.2 Å². The first-order valence-corrected chi connectivity index (χ1v) is 7.51. The van der Waals surface area contributed by atoms with Gasteiger partial charge in [-0.2, -0.15) is 0 Å². The molecule has 3 nitrogen and oxygen atoms in total. The van der Waals surface area contributed by atoms with Crippen molar-refractivity contribution >= 4 is 27.3 Å². The minimum atomic E-state index is -4.14. The van der Waals surface area contributed by atoms with E-state index >= 15 is 0 Å². The Bertz CT molecular complexity index is 809. The summed E-state index contributed by atoms with van der Waals surface area (Å²) in [6, 6.07) is 5.29. The summed E-state index contributed by atoms with van der Waals surface area (Å²) >= 11 is 5.79. The Labute approximate surface area is 124 Å². The molecule has 2 rings (SSSR count). The first kappa shape index (κ1) is 15.7. The number of halogens is 4. The number of rotatable bonds is 3. The van der Waals surface area contributed by atoms with Gasteiger partial charge in [-0.25, -0.2) is 21.6 Å². The van der Waals surface area contributed by atoms with Crippen molar-refractivity contribution in [3.8, 4) is 0 Å². The molecule has 0 radical (unpaired) electrons. The van der Waals surface area contributed by atoms with Crippen molar-refractivity contribution in [3.05, 3.63) is 58.4 Å². The third-order valence-electron chi connectivity index (χ3n) is 2.72. The molecule has 112 valence electrons. The lowest BCUT2D eigenvalue weighted by Gasteiger charge is -2.10. The highest BCUT2D eigenvalue weighted by Crippen LogP contribution is 2.24. The Morgan fingerprint density at radius 3 is 2.33 bits per heavy atom. The van der Waals surface area contributed by atoms with Crippen LogP contribution in [0.4, 0.5) is 18.9 Å². The minimum absolute atomic E-state index is 0.173. The van der Waals surface area contributed by atoms with Gasteiger partial charge >= 0.3 is 0 Å². The molecular weight excluding hydrogens is 327 g/mol. The van der Waals surface area contributed by atoms with Gasteiger partial charge in [0.25, 0.3) is 10.0 Å². The maximum atomic E-state index is 13.5. The van der Waals surface area contributed by atoms with E-state index in [4.69, 9.17) is 11.6 Å². The number of hydrogen-bond acceptors (Lipinski definition) is 2. The lowest BCUT2D eigenvalue weighted by molar-refractivity contribution is 0.449. The van der Waals surface area contributed by atoms with Gasteiger partial charge in [-0.05, 0) is 42.8 Å². The molecule has 0 aliphatic rings. The van der Waals surface area contributed by atoms with Gasteiger partial charge < -0.3 is 0 Å². The van der Waals surface area contributed by atoms with Crippen LogP contribution in [-0.2, 0) is 10.0 Å². The molecule has 2 aromatic rings. The molecule has 0 bridgehead atoms. The number of benzene rings is 2. The second-order valence-corrected chi connectivity index (χ2v) is 6.33. The highest BCUT2D eigenvalue weighted by Gasteiger charge is 2.20. The second kappa shape index (κ2) is 5.57. The number of nitrogens with one attached hydrogen (secondary N) is 1. The van der Waals surface area contributed by atoms with Gasteiger partial charge in [0.2, 0.25) is 0 Å². The molecule has 0 aromatic heterocycles. The zero-order chi connectivity index (χ0) is 15.8. The van der Waals surface area contributed by atoms with Crippen LogP contribution in [-0.4, -0.2) is 8.42 Å². The molecule has 1 N–H and O–H groups in total. The quantitative estimate of drug-likeness (QED) is 0.866. The van der Waals surface area contributed by atoms with Crippen LogP contribution in [0.3, 0.4) is 0 Å². The summed E-state index contributed by atoms with van der Waals surface area (Å²) in [5.41, 5.74) is -0.174.